The highest BCUT2D eigenvalue weighted by molar-refractivity contribution is 9.10. The van der Waals surface area contributed by atoms with Gasteiger partial charge in [0.1, 0.15) is 5.73 Å². The van der Waals surface area contributed by atoms with Gasteiger partial charge in [0.25, 0.3) is 11.8 Å². The van der Waals surface area contributed by atoms with E-state index in [9.17, 15) is 9.59 Å². The van der Waals surface area contributed by atoms with Gasteiger partial charge in [0.15, 0.2) is 0 Å². The summed E-state index contributed by atoms with van der Waals surface area (Å²) in [6.45, 7) is 9.42. The van der Waals surface area contributed by atoms with E-state index in [0.29, 0.717) is 30.9 Å². The predicted octanol–water partition coefficient (Wildman–Crippen LogP) is 4.74. The Morgan fingerprint density at radius 3 is 2.03 bits per heavy atom. The van der Waals surface area contributed by atoms with Crippen LogP contribution in [-0.2, 0) is 18.0 Å². The molecule has 1 aromatic carbocycles. The van der Waals surface area contributed by atoms with Crippen LogP contribution in [0.15, 0.2) is 22.7 Å². The summed E-state index contributed by atoms with van der Waals surface area (Å²) in [6, 6.07) is 5.15. The minimum atomic E-state index is -2.97. The molecule has 0 aromatic heterocycles. The van der Waals surface area contributed by atoms with Crippen LogP contribution in [0.5, 0.6) is 0 Å². The standard InChI is InChI=1S/C23H34BrNO6Si/c1-5-21(32(28-6-2,29-7-3)30-8-4)31-18-12-10-17(11-13-18)25-22(26)19-14-9-16(24)15-20(19)23(25)27/h9,14-15,17-18,21H,5-8,10-13H2,1-4H3. The van der Waals surface area contributed by atoms with Crippen LogP contribution < -0.4 is 0 Å². The van der Waals surface area contributed by atoms with Gasteiger partial charge in [-0.2, -0.15) is 0 Å². The monoisotopic (exact) mass is 527 g/mol. The normalized spacial score (nSPS) is 22.3. The van der Waals surface area contributed by atoms with E-state index in [4.69, 9.17) is 18.0 Å². The molecule has 0 spiro atoms. The van der Waals surface area contributed by atoms with Crippen LogP contribution in [0.4, 0.5) is 0 Å². The first kappa shape index (κ1) is 25.5. The van der Waals surface area contributed by atoms with E-state index in [2.05, 4.69) is 22.9 Å². The summed E-state index contributed by atoms with van der Waals surface area (Å²) in [5.41, 5.74) is 0.735. The molecule has 178 valence electrons. The van der Waals surface area contributed by atoms with Crippen LogP contribution in [0.3, 0.4) is 0 Å². The van der Waals surface area contributed by atoms with Gasteiger partial charge in [-0.1, -0.05) is 22.9 Å². The minimum Gasteiger partial charge on any atom is -0.372 e. The maximum Gasteiger partial charge on any atom is 0.531 e. The summed E-state index contributed by atoms with van der Waals surface area (Å²) in [4.78, 5) is 27.3. The van der Waals surface area contributed by atoms with E-state index in [0.717, 1.165) is 36.6 Å². The van der Waals surface area contributed by atoms with E-state index in [1.54, 1.807) is 18.2 Å². The topological polar surface area (TPSA) is 74.3 Å². The molecule has 1 fully saturated rings. The number of halogens is 1. The molecule has 0 radical (unpaired) electrons. The number of hydrogen-bond donors (Lipinski definition) is 0. The predicted molar refractivity (Wildman–Crippen MR) is 126 cm³/mol. The van der Waals surface area contributed by atoms with Crippen molar-refractivity contribution in [2.24, 2.45) is 0 Å². The van der Waals surface area contributed by atoms with Crippen LogP contribution in [0.25, 0.3) is 0 Å². The van der Waals surface area contributed by atoms with Crippen LogP contribution in [0.2, 0.25) is 0 Å². The van der Waals surface area contributed by atoms with Gasteiger partial charge in [-0.15, -0.1) is 0 Å². The van der Waals surface area contributed by atoms with Crippen molar-refractivity contribution in [2.45, 2.75) is 77.7 Å². The fourth-order valence-electron chi connectivity index (χ4n) is 4.67. The molecule has 3 rings (SSSR count). The molecule has 1 aliphatic carbocycles. The van der Waals surface area contributed by atoms with E-state index >= 15 is 0 Å². The van der Waals surface area contributed by atoms with Gasteiger partial charge in [0.05, 0.1) is 17.2 Å². The van der Waals surface area contributed by atoms with Gasteiger partial charge in [0, 0.05) is 30.3 Å². The van der Waals surface area contributed by atoms with Crippen molar-refractivity contribution in [3.8, 4) is 0 Å². The maximum absolute atomic E-state index is 12.9. The average Bonchev–Trinajstić information content (AvgIpc) is 3.02. The molecule has 32 heavy (non-hydrogen) atoms. The summed E-state index contributed by atoms with van der Waals surface area (Å²) in [6.07, 6.45) is 3.74. The Balaban J connectivity index is 1.65. The lowest BCUT2D eigenvalue weighted by molar-refractivity contribution is -0.0584. The summed E-state index contributed by atoms with van der Waals surface area (Å²) in [7, 11) is -2.97. The molecule has 1 unspecified atom stereocenters. The zero-order valence-electron chi connectivity index (χ0n) is 19.4. The fourth-order valence-corrected chi connectivity index (χ4v) is 7.91. The first-order valence-electron chi connectivity index (χ1n) is 11.6. The number of fused-ring (bicyclic) bond motifs is 1. The van der Waals surface area contributed by atoms with E-state index in [1.807, 2.05) is 20.8 Å². The van der Waals surface area contributed by atoms with E-state index in [-0.39, 0.29) is 29.7 Å². The van der Waals surface area contributed by atoms with Crippen molar-refractivity contribution in [3.63, 3.8) is 0 Å². The summed E-state index contributed by atoms with van der Waals surface area (Å²) >= 11 is 3.39. The van der Waals surface area contributed by atoms with Crippen molar-refractivity contribution in [2.75, 3.05) is 19.8 Å². The molecule has 0 bridgehead atoms. The van der Waals surface area contributed by atoms with Crippen molar-refractivity contribution in [1.29, 1.82) is 0 Å². The summed E-state index contributed by atoms with van der Waals surface area (Å²) in [5, 5.41) is 0. The lowest BCUT2D eigenvalue weighted by Crippen LogP contribution is -2.58. The van der Waals surface area contributed by atoms with Gasteiger partial charge < -0.3 is 18.0 Å². The molecule has 1 aliphatic heterocycles. The highest BCUT2D eigenvalue weighted by Gasteiger charge is 2.51. The fraction of sp³-hybridized carbons (Fsp3) is 0.652. The second-order valence-electron chi connectivity index (χ2n) is 8.04. The Morgan fingerprint density at radius 1 is 0.938 bits per heavy atom. The Hall–Kier alpha value is -1.10. The van der Waals surface area contributed by atoms with E-state index in [1.165, 1.54) is 4.90 Å². The van der Waals surface area contributed by atoms with Gasteiger partial charge >= 0.3 is 8.80 Å². The molecule has 1 aromatic rings. The largest absolute Gasteiger partial charge is 0.531 e. The maximum atomic E-state index is 12.9. The van der Waals surface area contributed by atoms with Crippen molar-refractivity contribution >= 4 is 36.5 Å². The molecular weight excluding hydrogens is 494 g/mol. The number of amides is 2. The SMILES string of the molecule is CCO[Si](OCC)(OCC)C(CC)OC1CCC(N2C(=O)c3ccc(Br)cc3C2=O)CC1. The highest BCUT2D eigenvalue weighted by atomic mass is 79.9. The molecule has 2 aliphatic rings. The molecule has 2 amide bonds. The number of imide groups is 1. The van der Waals surface area contributed by atoms with Gasteiger partial charge in [0.2, 0.25) is 0 Å². The third kappa shape index (κ3) is 5.18. The van der Waals surface area contributed by atoms with Crippen LogP contribution in [0.1, 0.15) is 80.5 Å². The molecule has 9 heteroatoms. The minimum absolute atomic E-state index is 0.0220. The zero-order valence-corrected chi connectivity index (χ0v) is 22.0. The number of carbonyl (C=O) groups excluding carboxylic acids is 2. The first-order chi connectivity index (χ1) is 15.4. The van der Waals surface area contributed by atoms with Crippen LogP contribution in [0, 0.1) is 0 Å². The highest BCUT2D eigenvalue weighted by Crippen LogP contribution is 2.34. The van der Waals surface area contributed by atoms with Crippen LogP contribution in [-0.4, -0.2) is 63.2 Å². The van der Waals surface area contributed by atoms with Crippen molar-refractivity contribution < 1.29 is 27.6 Å². The number of benzene rings is 1. The molecule has 0 saturated heterocycles. The van der Waals surface area contributed by atoms with Crippen LogP contribution >= 0.6 is 15.9 Å². The third-order valence-electron chi connectivity index (χ3n) is 6.05. The zero-order chi connectivity index (χ0) is 23.3. The number of ether oxygens (including phenoxy) is 1. The van der Waals surface area contributed by atoms with Crippen molar-refractivity contribution in [3.05, 3.63) is 33.8 Å². The second-order valence-corrected chi connectivity index (χ2v) is 11.7. The Labute approximate surface area is 200 Å². The molecule has 1 saturated carbocycles. The Morgan fingerprint density at radius 2 is 1.50 bits per heavy atom. The molecule has 1 atom stereocenters. The number of hydrogen-bond acceptors (Lipinski definition) is 6. The molecule has 7 nitrogen and oxygen atoms in total. The number of nitrogens with zero attached hydrogens (tertiary/aromatic N) is 1. The van der Waals surface area contributed by atoms with Gasteiger partial charge in [-0.3, -0.25) is 14.5 Å². The second kappa shape index (κ2) is 11.4. The Kier molecular flexibility index (Phi) is 9.05. The molecule has 0 N–H and O–H groups in total. The van der Waals surface area contributed by atoms with Gasteiger partial charge in [-0.25, -0.2) is 0 Å². The summed E-state index contributed by atoms with van der Waals surface area (Å²) in [5.74, 6) is -0.388. The van der Waals surface area contributed by atoms with E-state index < -0.39 is 8.80 Å². The number of rotatable bonds is 11. The lowest BCUT2D eigenvalue weighted by atomic mass is 9.92. The quantitative estimate of drug-likeness (QED) is 0.305. The Bertz CT molecular complexity index is 797. The lowest BCUT2D eigenvalue weighted by Gasteiger charge is -2.39. The van der Waals surface area contributed by atoms with Crippen molar-refractivity contribution in [1.82, 2.24) is 4.90 Å². The average molecular weight is 529 g/mol. The molecule has 1 heterocycles. The summed E-state index contributed by atoms with van der Waals surface area (Å²) < 4.78 is 25.4. The first-order valence-corrected chi connectivity index (χ1v) is 14.2. The number of carbonyl (C=O) groups is 2. The van der Waals surface area contributed by atoms with Gasteiger partial charge in [-0.05, 0) is 71.1 Å². The third-order valence-corrected chi connectivity index (χ3v) is 9.95. The molecular formula is C23H34BrNO6Si. The smallest absolute Gasteiger partial charge is 0.372 e.